The molecule has 0 amide bonds. The van der Waals surface area contributed by atoms with E-state index in [4.69, 9.17) is 4.99 Å². The summed E-state index contributed by atoms with van der Waals surface area (Å²) in [5, 5.41) is 16.1. The number of piperazine rings is 1. The summed E-state index contributed by atoms with van der Waals surface area (Å²) in [4.78, 5) is 21.0. The quantitative estimate of drug-likeness (QED) is 0.563. The summed E-state index contributed by atoms with van der Waals surface area (Å²) < 4.78 is 2.04. The summed E-state index contributed by atoms with van der Waals surface area (Å²) in [6.45, 7) is 7.36. The van der Waals surface area contributed by atoms with E-state index in [-0.39, 0.29) is 0 Å². The van der Waals surface area contributed by atoms with Crippen molar-refractivity contribution in [1.82, 2.24) is 9.80 Å². The molecule has 2 N–H and O–H groups in total. The Balaban J connectivity index is 1.60. The number of thiophene rings is 1. The van der Waals surface area contributed by atoms with Crippen LogP contribution in [0.1, 0.15) is 19.4 Å². The maximum Gasteiger partial charge on any atom is 0.310 e. The number of carbonyl (C=O) groups is 1. The van der Waals surface area contributed by atoms with Gasteiger partial charge in [-0.2, -0.15) is 0 Å². The van der Waals surface area contributed by atoms with Gasteiger partial charge in [-0.05, 0) is 48.0 Å². The highest BCUT2D eigenvalue weighted by atomic mass is 79.9. The van der Waals surface area contributed by atoms with E-state index in [0.717, 1.165) is 62.9 Å². The Kier molecular flexibility index (Phi) is 5.76. The molecule has 9 heteroatoms. The van der Waals surface area contributed by atoms with Gasteiger partial charge in [-0.25, -0.2) is 4.99 Å². The van der Waals surface area contributed by atoms with Crippen LogP contribution in [0.5, 0.6) is 0 Å². The first-order valence-corrected chi connectivity index (χ1v) is 11.8. The number of fused-ring (bicyclic) bond motifs is 2. The molecule has 0 radical (unpaired) electrons. The molecule has 0 aliphatic carbocycles. The molecule has 0 saturated carbocycles. The SMILES string of the molecule is CC(C)(CN1CCN(C2=Nc3ccc(Br)cc3Nc3scc(Br)c32)CC1)C(=O)O. The third-order valence-electron chi connectivity index (χ3n) is 5.27. The first kappa shape index (κ1) is 20.8. The summed E-state index contributed by atoms with van der Waals surface area (Å²) in [6, 6.07) is 6.07. The van der Waals surface area contributed by atoms with Crippen LogP contribution in [0.25, 0.3) is 0 Å². The lowest BCUT2D eigenvalue weighted by atomic mass is 9.93. The summed E-state index contributed by atoms with van der Waals surface area (Å²) in [7, 11) is 0. The number of aliphatic imine (C=N–C) groups is 1. The number of anilines is 2. The van der Waals surface area contributed by atoms with E-state index in [1.807, 2.05) is 18.2 Å². The minimum absolute atomic E-state index is 0.550. The van der Waals surface area contributed by atoms with E-state index in [2.05, 4.69) is 52.4 Å². The highest BCUT2D eigenvalue weighted by Gasteiger charge is 2.33. The average molecular weight is 542 g/mol. The standard InChI is InChI=1S/C20H22Br2N4O2S/c1-20(2,19(27)28)11-25-5-7-26(8-6-25)17-16-13(22)10-29-18(16)24-15-9-12(21)3-4-14(15)23-17/h3-4,9-10,24H,5-8,11H2,1-2H3,(H,27,28). The van der Waals surface area contributed by atoms with Crippen molar-refractivity contribution < 1.29 is 9.90 Å². The highest BCUT2D eigenvalue weighted by molar-refractivity contribution is 9.10. The molecule has 3 heterocycles. The topological polar surface area (TPSA) is 68.2 Å². The van der Waals surface area contributed by atoms with Gasteiger partial charge in [-0.15, -0.1) is 11.3 Å². The molecule has 0 spiro atoms. The van der Waals surface area contributed by atoms with Crippen LogP contribution in [0, 0.1) is 5.41 Å². The third-order valence-corrected chi connectivity index (χ3v) is 7.59. The van der Waals surface area contributed by atoms with Crippen molar-refractivity contribution in [3.8, 4) is 0 Å². The normalized spacial score (nSPS) is 17.1. The Labute approximate surface area is 190 Å². The van der Waals surface area contributed by atoms with Crippen LogP contribution in [-0.2, 0) is 4.79 Å². The number of amidine groups is 1. The van der Waals surface area contributed by atoms with E-state index in [0.29, 0.717) is 6.54 Å². The first-order valence-electron chi connectivity index (χ1n) is 9.38. The van der Waals surface area contributed by atoms with Gasteiger partial charge in [-0.3, -0.25) is 9.69 Å². The zero-order valence-electron chi connectivity index (χ0n) is 16.2. The van der Waals surface area contributed by atoms with Crippen LogP contribution in [0.4, 0.5) is 16.4 Å². The molecule has 2 aliphatic heterocycles. The summed E-state index contributed by atoms with van der Waals surface area (Å²) in [5.74, 6) is 0.201. The number of hydrogen-bond acceptors (Lipinski definition) is 6. The van der Waals surface area contributed by atoms with Crippen LogP contribution in [-0.4, -0.2) is 59.4 Å². The molecule has 0 unspecified atom stereocenters. The van der Waals surface area contributed by atoms with Gasteiger partial charge in [0.15, 0.2) is 0 Å². The van der Waals surface area contributed by atoms with Gasteiger partial charge in [0.1, 0.15) is 10.8 Å². The Hall–Kier alpha value is -1.42. The van der Waals surface area contributed by atoms with Crippen molar-refractivity contribution >= 4 is 71.4 Å². The lowest BCUT2D eigenvalue weighted by Crippen LogP contribution is -2.52. The lowest BCUT2D eigenvalue weighted by Gasteiger charge is -2.38. The number of halogens is 2. The monoisotopic (exact) mass is 540 g/mol. The molecule has 4 rings (SSSR count). The number of carboxylic acids is 1. The fraction of sp³-hybridized carbons (Fsp3) is 0.400. The van der Waals surface area contributed by atoms with Crippen molar-refractivity contribution in [2.45, 2.75) is 13.8 Å². The minimum Gasteiger partial charge on any atom is -0.481 e. The number of nitrogens with zero attached hydrogens (tertiary/aromatic N) is 3. The van der Waals surface area contributed by atoms with Crippen molar-refractivity contribution in [3.05, 3.63) is 38.1 Å². The molecular formula is C20H22Br2N4O2S. The predicted octanol–water partition coefficient (Wildman–Crippen LogP) is 5.14. The zero-order chi connectivity index (χ0) is 20.8. The lowest BCUT2D eigenvalue weighted by molar-refractivity contribution is -0.148. The summed E-state index contributed by atoms with van der Waals surface area (Å²) in [6.07, 6.45) is 0. The van der Waals surface area contributed by atoms with Gasteiger partial charge >= 0.3 is 5.97 Å². The van der Waals surface area contributed by atoms with Gasteiger partial charge < -0.3 is 15.3 Å². The molecule has 1 aromatic heterocycles. The Morgan fingerprint density at radius 2 is 2.00 bits per heavy atom. The molecule has 2 aromatic rings. The smallest absolute Gasteiger partial charge is 0.310 e. The Bertz CT molecular complexity index is 981. The Morgan fingerprint density at radius 1 is 1.28 bits per heavy atom. The third kappa shape index (κ3) is 4.23. The van der Waals surface area contributed by atoms with Gasteiger partial charge in [0.2, 0.25) is 0 Å². The molecule has 29 heavy (non-hydrogen) atoms. The van der Waals surface area contributed by atoms with E-state index in [1.165, 1.54) is 0 Å². The van der Waals surface area contributed by atoms with Gasteiger partial charge in [0, 0.05) is 47.0 Å². The van der Waals surface area contributed by atoms with E-state index in [1.54, 1.807) is 25.2 Å². The second-order valence-corrected chi connectivity index (χ2v) is 10.6. The predicted molar refractivity (Wildman–Crippen MR) is 125 cm³/mol. The van der Waals surface area contributed by atoms with Crippen LogP contribution in [0.3, 0.4) is 0 Å². The average Bonchev–Trinajstić information content (AvgIpc) is 2.93. The van der Waals surface area contributed by atoms with Crippen molar-refractivity contribution in [2.75, 3.05) is 38.0 Å². The number of rotatable bonds is 3. The number of aliphatic carboxylic acids is 1. The van der Waals surface area contributed by atoms with Crippen LogP contribution < -0.4 is 5.32 Å². The second kappa shape index (κ2) is 8.02. The van der Waals surface area contributed by atoms with Crippen LogP contribution in [0.15, 0.2) is 37.5 Å². The molecular weight excluding hydrogens is 520 g/mol. The number of nitrogens with one attached hydrogen (secondary N) is 1. The zero-order valence-corrected chi connectivity index (χ0v) is 20.2. The first-order chi connectivity index (χ1) is 13.7. The van der Waals surface area contributed by atoms with E-state index in [9.17, 15) is 9.90 Å². The maximum atomic E-state index is 11.5. The summed E-state index contributed by atoms with van der Waals surface area (Å²) >= 11 is 8.90. The fourth-order valence-electron chi connectivity index (χ4n) is 3.61. The fourth-order valence-corrected chi connectivity index (χ4v) is 5.58. The molecule has 2 aliphatic rings. The molecule has 0 bridgehead atoms. The molecule has 154 valence electrons. The minimum atomic E-state index is -0.756. The van der Waals surface area contributed by atoms with E-state index < -0.39 is 11.4 Å². The van der Waals surface area contributed by atoms with Crippen LogP contribution in [0.2, 0.25) is 0 Å². The molecule has 1 aromatic carbocycles. The van der Waals surface area contributed by atoms with Crippen molar-refractivity contribution in [2.24, 2.45) is 10.4 Å². The van der Waals surface area contributed by atoms with Crippen molar-refractivity contribution in [3.63, 3.8) is 0 Å². The largest absolute Gasteiger partial charge is 0.481 e. The highest BCUT2D eigenvalue weighted by Crippen LogP contribution is 2.42. The number of hydrogen-bond donors (Lipinski definition) is 2. The number of benzene rings is 1. The Morgan fingerprint density at radius 3 is 2.69 bits per heavy atom. The van der Waals surface area contributed by atoms with Crippen molar-refractivity contribution in [1.29, 1.82) is 0 Å². The van der Waals surface area contributed by atoms with Crippen LogP contribution >= 0.6 is 43.2 Å². The molecule has 0 atom stereocenters. The molecule has 1 fully saturated rings. The maximum absolute atomic E-state index is 11.5. The molecule has 1 saturated heterocycles. The summed E-state index contributed by atoms with van der Waals surface area (Å²) in [5.41, 5.74) is 2.23. The van der Waals surface area contributed by atoms with E-state index >= 15 is 0 Å². The van der Waals surface area contributed by atoms with Gasteiger partial charge in [0.25, 0.3) is 0 Å². The van der Waals surface area contributed by atoms with Gasteiger partial charge in [-0.1, -0.05) is 15.9 Å². The number of carboxylic acid groups (broad SMARTS) is 1. The van der Waals surface area contributed by atoms with Gasteiger partial charge in [0.05, 0.1) is 22.4 Å². The second-order valence-electron chi connectivity index (χ2n) is 7.96. The molecule has 6 nitrogen and oxygen atoms in total.